The summed E-state index contributed by atoms with van der Waals surface area (Å²) in [7, 11) is 0. The van der Waals surface area contributed by atoms with Crippen LogP contribution in [0.5, 0.6) is 0 Å². The van der Waals surface area contributed by atoms with Crippen LogP contribution in [-0.2, 0) is 16.1 Å². The van der Waals surface area contributed by atoms with Crippen molar-refractivity contribution < 1.29 is 9.59 Å². The first kappa shape index (κ1) is 19.7. The predicted molar refractivity (Wildman–Crippen MR) is 100.0 cm³/mol. The summed E-state index contributed by atoms with van der Waals surface area (Å²) in [5.41, 5.74) is 5.14. The molecule has 2 amide bonds. The van der Waals surface area contributed by atoms with Crippen LogP contribution in [0.25, 0.3) is 0 Å². The lowest BCUT2D eigenvalue weighted by Gasteiger charge is -2.26. The second kappa shape index (κ2) is 9.75. The highest BCUT2D eigenvalue weighted by Crippen LogP contribution is 2.26. The van der Waals surface area contributed by atoms with Crippen LogP contribution >= 0.6 is 15.9 Å². The molecule has 1 heterocycles. The number of carbonyl (C=O) groups excluding carboxylic acids is 2. The maximum Gasteiger partial charge on any atom is 0.250 e. The lowest BCUT2D eigenvalue weighted by molar-refractivity contribution is -0.135. The minimum atomic E-state index is -0.503. The highest BCUT2D eigenvalue weighted by atomic mass is 79.9. The molecular weight excluding hydrogens is 386 g/mol. The Balaban J connectivity index is 1.91. The van der Waals surface area contributed by atoms with Crippen molar-refractivity contribution in [2.75, 3.05) is 13.1 Å². The average molecular weight is 412 g/mol. The Kier molecular flexibility index (Phi) is 7.68. The van der Waals surface area contributed by atoms with Crippen molar-refractivity contribution >= 4 is 27.7 Å². The minimum absolute atomic E-state index is 0.0566. The molecule has 0 saturated heterocycles. The van der Waals surface area contributed by atoms with E-state index in [4.69, 9.17) is 5.73 Å². The molecule has 0 atom stereocenters. The van der Waals surface area contributed by atoms with E-state index >= 15 is 0 Å². The van der Waals surface area contributed by atoms with Gasteiger partial charge in [0.2, 0.25) is 11.8 Å². The van der Waals surface area contributed by atoms with Crippen molar-refractivity contribution in [2.24, 2.45) is 11.7 Å². The molecule has 1 fully saturated rings. The first-order chi connectivity index (χ1) is 12.0. The molecule has 1 aromatic heterocycles. The summed E-state index contributed by atoms with van der Waals surface area (Å²) in [6, 6.07) is 3.13. The fourth-order valence-corrected chi connectivity index (χ4v) is 3.72. The van der Waals surface area contributed by atoms with Gasteiger partial charge in [0.25, 0.3) is 5.56 Å². The van der Waals surface area contributed by atoms with Gasteiger partial charge >= 0.3 is 0 Å². The molecule has 2 rings (SSSR count). The van der Waals surface area contributed by atoms with Crippen LogP contribution in [0, 0.1) is 5.92 Å². The van der Waals surface area contributed by atoms with E-state index in [9.17, 15) is 14.4 Å². The van der Waals surface area contributed by atoms with Crippen molar-refractivity contribution in [3.63, 3.8) is 0 Å². The Labute approximate surface area is 156 Å². The number of rotatable bonds is 8. The average Bonchev–Trinajstić information content (AvgIpc) is 2.59. The van der Waals surface area contributed by atoms with Crippen molar-refractivity contribution in [1.82, 2.24) is 9.47 Å². The van der Waals surface area contributed by atoms with Gasteiger partial charge in [-0.05, 0) is 34.3 Å². The summed E-state index contributed by atoms with van der Waals surface area (Å²) in [5.74, 6) is -0.0114. The van der Waals surface area contributed by atoms with Gasteiger partial charge in [-0.3, -0.25) is 14.4 Å². The minimum Gasteiger partial charge on any atom is -0.368 e. The number of amides is 2. The van der Waals surface area contributed by atoms with E-state index in [1.54, 1.807) is 17.2 Å². The van der Waals surface area contributed by atoms with Crippen molar-refractivity contribution in [3.8, 4) is 0 Å². The maximum atomic E-state index is 12.5. The fourth-order valence-electron chi connectivity index (χ4n) is 3.35. The Morgan fingerprint density at radius 1 is 1.24 bits per heavy atom. The van der Waals surface area contributed by atoms with Crippen LogP contribution in [0.2, 0.25) is 0 Å². The van der Waals surface area contributed by atoms with Gasteiger partial charge in [-0.25, -0.2) is 0 Å². The molecule has 138 valence electrons. The van der Waals surface area contributed by atoms with E-state index in [1.807, 2.05) is 0 Å². The van der Waals surface area contributed by atoms with E-state index in [0.717, 1.165) is 10.9 Å². The number of primary amides is 1. The standard InChI is InChI=1S/C18H26BrN3O3/c19-15-6-7-17(24)21(12-15)11-9-18(25)22(13-16(20)23)10-8-14-4-2-1-3-5-14/h6-7,12,14H,1-5,8-11,13H2,(H2,20,23). The summed E-state index contributed by atoms with van der Waals surface area (Å²) in [6.45, 7) is 0.786. The highest BCUT2D eigenvalue weighted by Gasteiger charge is 2.19. The second-order valence-electron chi connectivity index (χ2n) is 6.70. The highest BCUT2D eigenvalue weighted by molar-refractivity contribution is 9.10. The summed E-state index contributed by atoms with van der Waals surface area (Å²) in [6.07, 6.45) is 8.95. The third-order valence-electron chi connectivity index (χ3n) is 4.75. The Hall–Kier alpha value is -1.63. The predicted octanol–water partition coefficient (Wildman–Crippen LogP) is 2.29. The smallest absolute Gasteiger partial charge is 0.250 e. The van der Waals surface area contributed by atoms with E-state index in [1.165, 1.54) is 42.7 Å². The molecule has 6 nitrogen and oxygen atoms in total. The zero-order valence-electron chi connectivity index (χ0n) is 14.5. The Morgan fingerprint density at radius 2 is 1.96 bits per heavy atom. The van der Waals surface area contributed by atoms with Gasteiger partial charge in [-0.2, -0.15) is 0 Å². The molecule has 0 aliphatic heterocycles. The van der Waals surface area contributed by atoms with Crippen LogP contribution in [0.3, 0.4) is 0 Å². The third kappa shape index (κ3) is 6.65. The molecule has 2 N–H and O–H groups in total. The SMILES string of the molecule is NC(=O)CN(CCC1CCCCC1)C(=O)CCn1cc(Br)ccc1=O. The van der Waals surface area contributed by atoms with Gasteiger partial charge in [0.1, 0.15) is 0 Å². The normalized spacial score (nSPS) is 15.1. The number of nitrogens with two attached hydrogens (primary N) is 1. The van der Waals surface area contributed by atoms with Gasteiger partial charge in [0, 0.05) is 36.2 Å². The summed E-state index contributed by atoms with van der Waals surface area (Å²) >= 11 is 3.32. The van der Waals surface area contributed by atoms with Crippen molar-refractivity contribution in [3.05, 3.63) is 33.2 Å². The number of pyridine rings is 1. The number of nitrogens with zero attached hydrogens (tertiary/aromatic N) is 2. The summed E-state index contributed by atoms with van der Waals surface area (Å²) in [4.78, 5) is 37.2. The lowest BCUT2D eigenvalue weighted by atomic mass is 9.87. The number of hydrogen-bond donors (Lipinski definition) is 1. The number of aryl methyl sites for hydroxylation is 1. The van der Waals surface area contributed by atoms with E-state index < -0.39 is 5.91 Å². The quantitative estimate of drug-likeness (QED) is 0.711. The molecule has 0 aromatic carbocycles. The molecule has 0 bridgehead atoms. The number of hydrogen-bond acceptors (Lipinski definition) is 3. The first-order valence-electron chi connectivity index (χ1n) is 8.88. The summed E-state index contributed by atoms with van der Waals surface area (Å²) < 4.78 is 2.27. The number of halogens is 1. The van der Waals surface area contributed by atoms with Crippen LogP contribution in [0.4, 0.5) is 0 Å². The second-order valence-corrected chi connectivity index (χ2v) is 7.62. The maximum absolute atomic E-state index is 12.5. The molecule has 1 aliphatic carbocycles. The fraction of sp³-hybridized carbons (Fsp3) is 0.611. The largest absolute Gasteiger partial charge is 0.368 e. The molecule has 0 radical (unpaired) electrons. The third-order valence-corrected chi connectivity index (χ3v) is 5.21. The molecular formula is C18H26BrN3O3. The number of aromatic nitrogens is 1. The zero-order chi connectivity index (χ0) is 18.2. The molecule has 1 aliphatic rings. The van der Waals surface area contributed by atoms with Gasteiger partial charge in [0.05, 0.1) is 6.54 Å². The molecule has 7 heteroatoms. The van der Waals surface area contributed by atoms with Gasteiger partial charge in [0.15, 0.2) is 0 Å². The molecule has 1 saturated carbocycles. The number of carbonyl (C=O) groups is 2. The van der Waals surface area contributed by atoms with Crippen molar-refractivity contribution in [1.29, 1.82) is 0 Å². The first-order valence-corrected chi connectivity index (χ1v) is 9.67. The Morgan fingerprint density at radius 3 is 2.64 bits per heavy atom. The van der Waals surface area contributed by atoms with Crippen LogP contribution in [0.1, 0.15) is 44.9 Å². The molecule has 25 heavy (non-hydrogen) atoms. The van der Waals surface area contributed by atoms with E-state index in [0.29, 0.717) is 12.5 Å². The molecule has 0 unspecified atom stereocenters. The van der Waals surface area contributed by atoms with Gasteiger partial charge in [-0.1, -0.05) is 32.1 Å². The lowest BCUT2D eigenvalue weighted by Crippen LogP contribution is -2.40. The topological polar surface area (TPSA) is 85.4 Å². The van der Waals surface area contributed by atoms with Crippen molar-refractivity contribution in [2.45, 2.75) is 51.5 Å². The van der Waals surface area contributed by atoms with Crippen LogP contribution < -0.4 is 11.3 Å². The van der Waals surface area contributed by atoms with Gasteiger partial charge in [-0.15, -0.1) is 0 Å². The van der Waals surface area contributed by atoms with Crippen LogP contribution in [-0.4, -0.2) is 34.4 Å². The monoisotopic (exact) mass is 411 g/mol. The zero-order valence-corrected chi connectivity index (χ0v) is 16.0. The molecule has 0 spiro atoms. The van der Waals surface area contributed by atoms with Gasteiger partial charge < -0.3 is 15.2 Å². The molecule has 1 aromatic rings. The summed E-state index contributed by atoms with van der Waals surface area (Å²) in [5, 5.41) is 0. The van der Waals surface area contributed by atoms with E-state index in [-0.39, 0.29) is 31.0 Å². The van der Waals surface area contributed by atoms with Crippen LogP contribution in [0.15, 0.2) is 27.6 Å². The Bertz CT molecular complexity index is 653. The van der Waals surface area contributed by atoms with E-state index in [2.05, 4.69) is 15.9 Å².